The second-order valence-electron chi connectivity index (χ2n) is 6.87. The molecule has 2 aliphatic carbocycles. The van der Waals surface area contributed by atoms with Gasteiger partial charge in [-0.15, -0.1) is 11.3 Å². The molecule has 0 radical (unpaired) electrons. The lowest BCUT2D eigenvalue weighted by molar-refractivity contribution is 0.439. The molecule has 0 spiro atoms. The van der Waals surface area contributed by atoms with E-state index in [-0.39, 0.29) is 0 Å². The standard InChI is InChI=1S/C15H23NS/c1-14(2)13(15(14,3)4)16-12(10-7-8-10)11-6-5-9-17-11/h5-6,9-10,12-13,16H,7-8H2,1-4H3. The summed E-state index contributed by atoms with van der Waals surface area (Å²) in [7, 11) is 0. The fourth-order valence-corrected chi connectivity index (χ4v) is 4.02. The van der Waals surface area contributed by atoms with Gasteiger partial charge >= 0.3 is 0 Å². The Morgan fingerprint density at radius 2 is 1.88 bits per heavy atom. The molecule has 0 aromatic carbocycles. The van der Waals surface area contributed by atoms with E-state index in [9.17, 15) is 0 Å². The fraction of sp³-hybridized carbons (Fsp3) is 0.733. The first kappa shape index (κ1) is 11.7. The van der Waals surface area contributed by atoms with Gasteiger partial charge in [0.25, 0.3) is 0 Å². The molecule has 0 saturated heterocycles. The zero-order valence-corrected chi connectivity index (χ0v) is 12.1. The van der Waals surface area contributed by atoms with Crippen molar-refractivity contribution in [2.24, 2.45) is 16.7 Å². The van der Waals surface area contributed by atoms with E-state index in [1.807, 2.05) is 11.3 Å². The first-order valence-corrected chi connectivity index (χ1v) is 7.62. The van der Waals surface area contributed by atoms with E-state index >= 15 is 0 Å². The molecule has 2 fully saturated rings. The highest BCUT2D eigenvalue weighted by Gasteiger charge is 2.65. The quantitative estimate of drug-likeness (QED) is 0.842. The predicted octanol–water partition coefficient (Wildman–Crippen LogP) is 4.22. The van der Waals surface area contributed by atoms with Crippen molar-refractivity contribution in [3.63, 3.8) is 0 Å². The SMILES string of the molecule is CC1(C)C(NC(c2cccs2)C2CC2)C1(C)C. The highest BCUT2D eigenvalue weighted by molar-refractivity contribution is 7.10. The first-order valence-electron chi connectivity index (χ1n) is 6.74. The Hall–Kier alpha value is -0.340. The van der Waals surface area contributed by atoms with Crippen molar-refractivity contribution < 1.29 is 0 Å². The molecule has 1 atom stereocenters. The van der Waals surface area contributed by atoms with Crippen LogP contribution in [-0.4, -0.2) is 6.04 Å². The van der Waals surface area contributed by atoms with E-state index < -0.39 is 0 Å². The summed E-state index contributed by atoms with van der Waals surface area (Å²) in [6.07, 6.45) is 2.81. The average molecular weight is 249 g/mol. The van der Waals surface area contributed by atoms with Crippen LogP contribution in [0.2, 0.25) is 0 Å². The van der Waals surface area contributed by atoms with Crippen LogP contribution in [0.1, 0.15) is 51.5 Å². The van der Waals surface area contributed by atoms with Gasteiger partial charge < -0.3 is 5.32 Å². The average Bonchev–Trinajstić information content (AvgIpc) is 3.02. The molecule has 2 aliphatic rings. The van der Waals surface area contributed by atoms with E-state index in [1.54, 1.807) is 0 Å². The lowest BCUT2D eigenvalue weighted by Crippen LogP contribution is -2.28. The third-order valence-electron chi connectivity index (χ3n) is 5.31. The smallest absolute Gasteiger partial charge is 0.0445 e. The summed E-state index contributed by atoms with van der Waals surface area (Å²) in [5, 5.41) is 6.15. The summed E-state index contributed by atoms with van der Waals surface area (Å²) in [6, 6.07) is 5.76. The molecule has 17 heavy (non-hydrogen) atoms. The molecule has 94 valence electrons. The molecule has 0 bridgehead atoms. The van der Waals surface area contributed by atoms with Crippen LogP contribution in [0.3, 0.4) is 0 Å². The number of hydrogen-bond acceptors (Lipinski definition) is 2. The summed E-state index contributed by atoms with van der Waals surface area (Å²) in [5.41, 5.74) is 0.884. The molecule has 2 heteroatoms. The van der Waals surface area contributed by atoms with E-state index in [0.29, 0.717) is 22.9 Å². The van der Waals surface area contributed by atoms with Gasteiger partial charge in [0.2, 0.25) is 0 Å². The fourth-order valence-electron chi connectivity index (χ4n) is 3.14. The van der Waals surface area contributed by atoms with Gasteiger partial charge in [0, 0.05) is 17.0 Å². The molecule has 3 rings (SSSR count). The second kappa shape index (κ2) is 3.58. The second-order valence-corrected chi connectivity index (χ2v) is 7.85. The highest BCUT2D eigenvalue weighted by Crippen LogP contribution is 2.63. The molecule has 0 aliphatic heterocycles. The third kappa shape index (κ3) is 1.77. The maximum absolute atomic E-state index is 3.95. The highest BCUT2D eigenvalue weighted by atomic mass is 32.1. The lowest BCUT2D eigenvalue weighted by Gasteiger charge is -2.18. The van der Waals surface area contributed by atoms with Crippen molar-refractivity contribution in [1.82, 2.24) is 5.32 Å². The summed E-state index contributed by atoms with van der Waals surface area (Å²) in [5.74, 6) is 0.890. The number of rotatable bonds is 4. The maximum Gasteiger partial charge on any atom is 0.0445 e. The lowest BCUT2D eigenvalue weighted by atomic mass is 10.0. The van der Waals surface area contributed by atoms with Crippen molar-refractivity contribution in [2.75, 3.05) is 0 Å². The molecular formula is C15H23NS. The Balaban J connectivity index is 1.75. The molecule has 1 aromatic heterocycles. The van der Waals surface area contributed by atoms with E-state index in [1.165, 1.54) is 17.7 Å². The van der Waals surface area contributed by atoms with Crippen molar-refractivity contribution in [3.05, 3.63) is 22.4 Å². The minimum Gasteiger partial charge on any atom is -0.305 e. The van der Waals surface area contributed by atoms with Crippen LogP contribution in [0.25, 0.3) is 0 Å². The van der Waals surface area contributed by atoms with Crippen LogP contribution < -0.4 is 5.32 Å². The normalized spacial score (nSPS) is 28.0. The molecule has 0 amide bonds. The minimum absolute atomic E-state index is 0.442. The Morgan fingerprint density at radius 1 is 1.24 bits per heavy atom. The molecule has 1 heterocycles. The predicted molar refractivity (Wildman–Crippen MR) is 74.3 cm³/mol. The van der Waals surface area contributed by atoms with Gasteiger partial charge in [0.15, 0.2) is 0 Å². The number of hydrogen-bond donors (Lipinski definition) is 1. The minimum atomic E-state index is 0.442. The number of thiophene rings is 1. The van der Waals surface area contributed by atoms with Gasteiger partial charge in [0.05, 0.1) is 0 Å². The van der Waals surface area contributed by atoms with Crippen molar-refractivity contribution in [2.45, 2.75) is 52.6 Å². The summed E-state index contributed by atoms with van der Waals surface area (Å²) < 4.78 is 0. The van der Waals surface area contributed by atoms with Gasteiger partial charge in [-0.25, -0.2) is 0 Å². The molecule has 1 N–H and O–H groups in total. The summed E-state index contributed by atoms with van der Waals surface area (Å²) >= 11 is 1.91. The molecule has 1 unspecified atom stereocenters. The monoisotopic (exact) mass is 249 g/mol. The van der Waals surface area contributed by atoms with Gasteiger partial charge in [-0.1, -0.05) is 33.8 Å². The van der Waals surface area contributed by atoms with E-state index in [0.717, 1.165) is 5.92 Å². The molecule has 2 saturated carbocycles. The van der Waals surface area contributed by atoms with Gasteiger partial charge in [-0.2, -0.15) is 0 Å². The van der Waals surface area contributed by atoms with Crippen LogP contribution >= 0.6 is 11.3 Å². The summed E-state index contributed by atoms with van der Waals surface area (Å²) in [4.78, 5) is 1.53. The van der Waals surface area contributed by atoms with Crippen molar-refractivity contribution >= 4 is 11.3 Å². The van der Waals surface area contributed by atoms with Crippen LogP contribution in [-0.2, 0) is 0 Å². The first-order chi connectivity index (χ1) is 7.94. The van der Waals surface area contributed by atoms with Gasteiger partial charge in [-0.3, -0.25) is 0 Å². The van der Waals surface area contributed by atoms with Crippen molar-refractivity contribution in [3.8, 4) is 0 Å². The molecule has 1 nitrogen and oxygen atoms in total. The largest absolute Gasteiger partial charge is 0.305 e. The van der Waals surface area contributed by atoms with E-state index in [2.05, 4.69) is 50.5 Å². The Bertz CT molecular complexity index is 387. The van der Waals surface area contributed by atoms with Crippen LogP contribution in [0.5, 0.6) is 0 Å². The Labute approximate surface area is 109 Å². The van der Waals surface area contributed by atoms with Crippen LogP contribution in [0.15, 0.2) is 17.5 Å². The van der Waals surface area contributed by atoms with Crippen molar-refractivity contribution in [1.29, 1.82) is 0 Å². The van der Waals surface area contributed by atoms with Gasteiger partial charge in [0.1, 0.15) is 0 Å². The summed E-state index contributed by atoms with van der Waals surface area (Å²) in [6.45, 7) is 9.57. The zero-order valence-electron chi connectivity index (χ0n) is 11.3. The van der Waals surface area contributed by atoms with Gasteiger partial charge in [-0.05, 0) is 41.0 Å². The molecular weight excluding hydrogens is 226 g/mol. The molecule has 1 aromatic rings. The van der Waals surface area contributed by atoms with Crippen LogP contribution in [0.4, 0.5) is 0 Å². The topological polar surface area (TPSA) is 12.0 Å². The Kier molecular flexibility index (Phi) is 2.47. The maximum atomic E-state index is 3.95. The third-order valence-corrected chi connectivity index (χ3v) is 6.27. The van der Waals surface area contributed by atoms with E-state index in [4.69, 9.17) is 0 Å². The Morgan fingerprint density at radius 3 is 2.29 bits per heavy atom. The number of nitrogens with one attached hydrogen (secondary N) is 1. The van der Waals surface area contributed by atoms with Crippen LogP contribution in [0, 0.1) is 16.7 Å². The zero-order chi connectivity index (χ0) is 12.3.